The summed E-state index contributed by atoms with van der Waals surface area (Å²) in [6.45, 7) is 4.57. The Morgan fingerprint density at radius 2 is 1.74 bits per heavy atom. The fourth-order valence-electron chi connectivity index (χ4n) is 5.41. The Kier molecular flexibility index (Phi) is 5.00. The zero-order valence-electron chi connectivity index (χ0n) is 15.2. The summed E-state index contributed by atoms with van der Waals surface area (Å²) in [7, 11) is -4.67. The van der Waals surface area contributed by atoms with E-state index >= 15 is 0 Å². The van der Waals surface area contributed by atoms with Crippen molar-refractivity contribution in [1.82, 2.24) is 9.80 Å². The number of benzene rings is 1. The summed E-state index contributed by atoms with van der Waals surface area (Å²) in [5.74, 6) is 1.64. The molecule has 2 bridgehead atoms. The molecule has 0 spiro atoms. The molecule has 6 rings (SSSR count). The van der Waals surface area contributed by atoms with Crippen molar-refractivity contribution in [1.29, 1.82) is 0 Å². The van der Waals surface area contributed by atoms with E-state index in [1.807, 2.05) is 0 Å². The molecule has 7 nitrogen and oxygen atoms in total. The maximum atomic E-state index is 13.1. The molecule has 1 amide bonds. The topological polar surface area (TPSA) is 98.2 Å². The van der Waals surface area contributed by atoms with E-state index in [1.165, 1.54) is 49.9 Å². The highest BCUT2D eigenvalue weighted by atomic mass is 32.3. The first-order chi connectivity index (χ1) is 12.8. The second-order valence-electron chi connectivity index (χ2n) is 8.08. The van der Waals surface area contributed by atoms with Gasteiger partial charge in [0.05, 0.1) is 0 Å². The Morgan fingerprint density at radius 1 is 1.04 bits per heavy atom. The van der Waals surface area contributed by atoms with Gasteiger partial charge in [-0.3, -0.25) is 13.9 Å². The molecule has 27 heavy (non-hydrogen) atoms. The fraction of sp³-hybridized carbons (Fsp3) is 0.632. The molecule has 0 aromatic heterocycles. The van der Waals surface area contributed by atoms with Crippen molar-refractivity contribution in [2.75, 3.05) is 26.2 Å². The van der Waals surface area contributed by atoms with Crippen molar-refractivity contribution in [3.05, 3.63) is 34.9 Å². The van der Waals surface area contributed by atoms with Gasteiger partial charge in [-0.15, -0.1) is 0 Å². The van der Waals surface area contributed by atoms with Crippen LogP contribution >= 0.6 is 0 Å². The van der Waals surface area contributed by atoms with Crippen LogP contribution in [0.4, 0.5) is 0 Å². The van der Waals surface area contributed by atoms with Crippen LogP contribution in [0.5, 0.6) is 0 Å². The molecule has 3 fully saturated rings. The standard InChI is InChI=1S/C19H24N2O.H2O4S/c22-19-16-6-2-4-14-3-1-5-15(18(14)16)11-21(19)17-12-20-9-7-13(17)8-10-20;1-5(2,3)4/h2,4,6,13,15,17H,1,3,5,7-12H2;(H2,1,2,3,4)/t15-,17-;/m1./s1. The van der Waals surface area contributed by atoms with Gasteiger partial charge >= 0.3 is 10.4 Å². The van der Waals surface area contributed by atoms with E-state index in [0.29, 0.717) is 17.9 Å². The third-order valence-electron chi connectivity index (χ3n) is 6.53. The third-order valence-corrected chi connectivity index (χ3v) is 6.53. The van der Waals surface area contributed by atoms with Crippen LogP contribution in [0.2, 0.25) is 0 Å². The molecule has 0 saturated carbocycles. The highest BCUT2D eigenvalue weighted by molar-refractivity contribution is 7.79. The van der Waals surface area contributed by atoms with Crippen LogP contribution in [0.1, 0.15) is 53.1 Å². The van der Waals surface area contributed by atoms with Crippen LogP contribution in [0, 0.1) is 5.92 Å². The van der Waals surface area contributed by atoms with Crippen LogP contribution in [-0.2, 0) is 16.8 Å². The maximum absolute atomic E-state index is 13.1. The molecule has 0 radical (unpaired) electrons. The van der Waals surface area contributed by atoms with Crippen LogP contribution in [0.25, 0.3) is 0 Å². The highest BCUT2D eigenvalue weighted by Crippen LogP contribution is 2.41. The van der Waals surface area contributed by atoms with E-state index in [1.54, 1.807) is 0 Å². The molecule has 2 atom stereocenters. The lowest BCUT2D eigenvalue weighted by atomic mass is 9.75. The number of rotatable bonds is 1. The Morgan fingerprint density at radius 3 is 2.37 bits per heavy atom. The lowest BCUT2D eigenvalue weighted by molar-refractivity contribution is 0.00258. The van der Waals surface area contributed by atoms with Crippen molar-refractivity contribution in [2.45, 2.75) is 44.1 Å². The molecule has 1 aromatic rings. The van der Waals surface area contributed by atoms with E-state index in [-0.39, 0.29) is 0 Å². The SMILES string of the molecule is O=C1c2cccc3c2[C@H](CCC3)CN1[C@@H]1CN2CCC1CC2.O=S(=O)(O)O. The molecule has 1 aliphatic carbocycles. The molecule has 8 heteroatoms. The number of amides is 1. The first-order valence-electron chi connectivity index (χ1n) is 9.66. The van der Waals surface area contributed by atoms with E-state index in [2.05, 4.69) is 28.0 Å². The molecule has 0 unspecified atom stereocenters. The molecule has 5 aliphatic rings. The molecule has 2 N–H and O–H groups in total. The zero-order chi connectivity index (χ0) is 19.2. The quantitative estimate of drug-likeness (QED) is 0.707. The second-order valence-corrected chi connectivity index (χ2v) is 8.97. The Balaban J connectivity index is 0.000000323. The minimum absolute atomic E-state index is 0.314. The molecule has 148 valence electrons. The average molecular weight is 394 g/mol. The summed E-state index contributed by atoms with van der Waals surface area (Å²) in [5.41, 5.74) is 3.86. The predicted octanol–water partition coefficient (Wildman–Crippen LogP) is 2.00. The first kappa shape index (κ1) is 18.9. The van der Waals surface area contributed by atoms with Gasteiger partial charge in [0.15, 0.2) is 0 Å². The Hall–Kier alpha value is -1.48. The normalized spacial score (nSPS) is 31.8. The van der Waals surface area contributed by atoms with Gasteiger partial charge < -0.3 is 9.80 Å². The number of hydrogen-bond donors (Lipinski definition) is 2. The Bertz CT molecular complexity index is 825. The molecule has 1 aromatic carbocycles. The zero-order valence-corrected chi connectivity index (χ0v) is 16.1. The van der Waals surface area contributed by atoms with E-state index in [9.17, 15) is 4.79 Å². The molecule has 4 aliphatic heterocycles. The predicted molar refractivity (Wildman–Crippen MR) is 100 cm³/mol. The molecular formula is C19H26N2O5S. The highest BCUT2D eigenvalue weighted by Gasteiger charge is 2.43. The fourth-order valence-corrected chi connectivity index (χ4v) is 5.41. The van der Waals surface area contributed by atoms with Crippen molar-refractivity contribution in [3.63, 3.8) is 0 Å². The van der Waals surface area contributed by atoms with Crippen molar-refractivity contribution in [3.8, 4) is 0 Å². The van der Waals surface area contributed by atoms with Crippen LogP contribution in [0.15, 0.2) is 18.2 Å². The van der Waals surface area contributed by atoms with E-state index < -0.39 is 10.4 Å². The van der Waals surface area contributed by atoms with E-state index in [0.717, 1.165) is 31.0 Å². The van der Waals surface area contributed by atoms with Gasteiger partial charge in [-0.2, -0.15) is 8.42 Å². The number of fused-ring (bicyclic) bond motifs is 3. The van der Waals surface area contributed by atoms with Crippen molar-refractivity contribution < 1.29 is 22.3 Å². The summed E-state index contributed by atoms with van der Waals surface area (Å²) in [5, 5.41) is 0. The Labute approximate surface area is 159 Å². The van der Waals surface area contributed by atoms with Crippen LogP contribution in [-0.4, -0.2) is 65.5 Å². The first-order valence-corrected chi connectivity index (χ1v) is 11.1. The van der Waals surface area contributed by atoms with Gasteiger partial charge in [0.2, 0.25) is 0 Å². The number of carbonyl (C=O) groups excluding carboxylic acids is 1. The molecular weight excluding hydrogens is 368 g/mol. The monoisotopic (exact) mass is 394 g/mol. The lowest BCUT2D eigenvalue weighted by Crippen LogP contribution is -2.60. The van der Waals surface area contributed by atoms with Crippen LogP contribution in [0.3, 0.4) is 0 Å². The summed E-state index contributed by atoms with van der Waals surface area (Å²) in [6, 6.07) is 6.87. The minimum atomic E-state index is -4.67. The summed E-state index contributed by atoms with van der Waals surface area (Å²) in [4.78, 5) is 18.0. The van der Waals surface area contributed by atoms with Gasteiger partial charge in [0, 0.05) is 30.6 Å². The van der Waals surface area contributed by atoms with Crippen molar-refractivity contribution >= 4 is 16.3 Å². The smallest absolute Gasteiger partial charge is 0.333 e. The van der Waals surface area contributed by atoms with Crippen LogP contribution < -0.4 is 0 Å². The number of carbonyl (C=O) groups is 1. The van der Waals surface area contributed by atoms with Crippen molar-refractivity contribution in [2.24, 2.45) is 5.92 Å². The summed E-state index contributed by atoms with van der Waals surface area (Å²) >= 11 is 0. The number of piperidine rings is 3. The minimum Gasteiger partial charge on any atom is -0.333 e. The molecule has 4 heterocycles. The number of nitrogens with zero attached hydrogens (tertiary/aromatic N) is 2. The maximum Gasteiger partial charge on any atom is 0.394 e. The number of aryl methyl sites for hydroxylation is 1. The lowest BCUT2D eigenvalue weighted by Gasteiger charge is -2.51. The summed E-state index contributed by atoms with van der Waals surface area (Å²) in [6.07, 6.45) is 6.27. The largest absolute Gasteiger partial charge is 0.394 e. The van der Waals surface area contributed by atoms with Gasteiger partial charge in [-0.25, -0.2) is 0 Å². The van der Waals surface area contributed by atoms with Gasteiger partial charge in [0.1, 0.15) is 0 Å². The third kappa shape index (κ3) is 3.89. The molecule has 3 saturated heterocycles. The second kappa shape index (κ2) is 7.16. The van der Waals surface area contributed by atoms with E-state index in [4.69, 9.17) is 17.5 Å². The number of hydrogen-bond acceptors (Lipinski definition) is 4. The average Bonchev–Trinajstić information content (AvgIpc) is 2.64. The summed E-state index contributed by atoms with van der Waals surface area (Å²) < 4.78 is 31.6. The van der Waals surface area contributed by atoms with Gasteiger partial charge in [0.25, 0.3) is 5.91 Å². The van der Waals surface area contributed by atoms with Gasteiger partial charge in [-0.05, 0) is 68.3 Å². The van der Waals surface area contributed by atoms with Gasteiger partial charge in [-0.1, -0.05) is 12.1 Å².